The molecule has 0 unspecified atom stereocenters. The lowest BCUT2D eigenvalue weighted by atomic mass is 10.1. The van der Waals surface area contributed by atoms with Gasteiger partial charge in [0.2, 0.25) is 5.91 Å². The summed E-state index contributed by atoms with van der Waals surface area (Å²) < 4.78 is 11.3. The van der Waals surface area contributed by atoms with Crippen LogP contribution in [0.5, 0.6) is 11.5 Å². The fourth-order valence-corrected chi connectivity index (χ4v) is 3.77. The number of methoxy groups -OCH3 is 1. The van der Waals surface area contributed by atoms with E-state index in [2.05, 4.69) is 5.32 Å². The first-order chi connectivity index (χ1) is 15.5. The van der Waals surface area contributed by atoms with E-state index < -0.39 is 0 Å². The van der Waals surface area contributed by atoms with Crippen LogP contribution in [-0.4, -0.2) is 25.5 Å². The predicted molar refractivity (Wildman–Crippen MR) is 125 cm³/mol. The number of anilines is 2. The molecule has 0 saturated carbocycles. The van der Waals surface area contributed by atoms with Crippen molar-refractivity contribution in [3.05, 3.63) is 82.9 Å². The number of carbonyl (C=O) groups excluding carboxylic acids is 2. The van der Waals surface area contributed by atoms with Crippen molar-refractivity contribution in [2.24, 2.45) is 0 Å². The average molecular weight is 451 g/mol. The van der Waals surface area contributed by atoms with E-state index in [1.54, 1.807) is 41.3 Å². The number of hydrogen-bond donors (Lipinski definition) is 1. The monoisotopic (exact) mass is 450 g/mol. The van der Waals surface area contributed by atoms with Gasteiger partial charge in [0.15, 0.2) is 11.5 Å². The number of hydrogen-bond acceptors (Lipinski definition) is 4. The molecule has 3 aromatic rings. The lowest BCUT2D eigenvalue weighted by Gasteiger charge is -2.17. The maximum atomic E-state index is 12.8. The minimum Gasteiger partial charge on any atom is -0.493 e. The fraction of sp³-hybridized carbons (Fsp3) is 0.200. The molecule has 0 radical (unpaired) electrons. The van der Waals surface area contributed by atoms with Gasteiger partial charge in [-0.1, -0.05) is 35.9 Å². The maximum absolute atomic E-state index is 12.8. The van der Waals surface area contributed by atoms with Crippen molar-refractivity contribution < 1.29 is 19.1 Å². The van der Waals surface area contributed by atoms with Gasteiger partial charge in [0, 0.05) is 40.5 Å². The average Bonchev–Trinajstić information content (AvgIpc) is 3.24. The summed E-state index contributed by atoms with van der Waals surface area (Å²) in [7, 11) is 1.52. The van der Waals surface area contributed by atoms with Crippen LogP contribution in [0.2, 0.25) is 5.02 Å². The van der Waals surface area contributed by atoms with E-state index in [1.807, 2.05) is 30.3 Å². The molecule has 7 heteroatoms. The molecule has 0 atom stereocenters. The van der Waals surface area contributed by atoms with Gasteiger partial charge in [0.1, 0.15) is 6.61 Å². The van der Waals surface area contributed by atoms with Gasteiger partial charge >= 0.3 is 0 Å². The number of nitrogens with zero attached hydrogens (tertiary/aromatic N) is 1. The van der Waals surface area contributed by atoms with Gasteiger partial charge < -0.3 is 19.7 Å². The zero-order valence-electron chi connectivity index (χ0n) is 17.6. The zero-order chi connectivity index (χ0) is 22.5. The lowest BCUT2D eigenvalue weighted by molar-refractivity contribution is -0.117. The van der Waals surface area contributed by atoms with Crippen molar-refractivity contribution >= 4 is 34.8 Å². The van der Waals surface area contributed by atoms with Crippen molar-refractivity contribution in [1.82, 2.24) is 0 Å². The van der Waals surface area contributed by atoms with E-state index >= 15 is 0 Å². The molecule has 1 heterocycles. The topological polar surface area (TPSA) is 67.9 Å². The van der Waals surface area contributed by atoms with E-state index in [-0.39, 0.29) is 18.4 Å². The summed E-state index contributed by atoms with van der Waals surface area (Å²) in [5.41, 5.74) is 2.68. The Kier molecular flexibility index (Phi) is 6.61. The molecule has 2 amide bonds. The SMILES string of the molecule is COc1cc(C(=O)Nc2cccc(N3CCCC3=O)c2)ccc1OCc1ccccc1Cl. The molecule has 6 nitrogen and oxygen atoms in total. The number of nitrogens with one attached hydrogen (secondary N) is 1. The molecule has 1 saturated heterocycles. The van der Waals surface area contributed by atoms with E-state index in [0.29, 0.717) is 40.7 Å². The number of amides is 2. The number of ether oxygens (including phenoxy) is 2. The van der Waals surface area contributed by atoms with Crippen LogP contribution < -0.4 is 19.7 Å². The Balaban J connectivity index is 1.46. The molecule has 0 bridgehead atoms. The second-order valence-corrected chi connectivity index (χ2v) is 7.81. The number of benzene rings is 3. The van der Waals surface area contributed by atoms with Crippen LogP contribution in [0, 0.1) is 0 Å². The summed E-state index contributed by atoms with van der Waals surface area (Å²) >= 11 is 6.18. The van der Waals surface area contributed by atoms with Crippen LogP contribution in [0.15, 0.2) is 66.7 Å². The Labute approximate surface area is 191 Å². The smallest absolute Gasteiger partial charge is 0.255 e. The summed E-state index contributed by atoms with van der Waals surface area (Å²) in [5.74, 6) is 0.774. The van der Waals surface area contributed by atoms with Crippen LogP contribution in [0.4, 0.5) is 11.4 Å². The van der Waals surface area contributed by atoms with Gasteiger partial charge in [0.05, 0.1) is 7.11 Å². The standard InChI is InChI=1S/C25H23ClN2O4/c1-31-23-14-17(11-12-22(23)32-16-18-6-2-3-9-21(18)26)25(30)27-19-7-4-8-20(15-19)28-13-5-10-24(28)29/h2-4,6-9,11-12,14-15H,5,10,13,16H2,1H3,(H,27,30). The minimum atomic E-state index is -0.286. The molecule has 1 aliphatic heterocycles. The van der Waals surface area contributed by atoms with Gasteiger partial charge in [-0.3, -0.25) is 9.59 Å². The third-order valence-corrected chi connectivity index (χ3v) is 5.62. The van der Waals surface area contributed by atoms with Crippen LogP contribution in [0.1, 0.15) is 28.8 Å². The highest BCUT2D eigenvalue weighted by atomic mass is 35.5. The highest BCUT2D eigenvalue weighted by Crippen LogP contribution is 2.30. The maximum Gasteiger partial charge on any atom is 0.255 e. The van der Waals surface area contributed by atoms with Crippen molar-refractivity contribution in [3.63, 3.8) is 0 Å². The van der Waals surface area contributed by atoms with Crippen molar-refractivity contribution in [1.29, 1.82) is 0 Å². The van der Waals surface area contributed by atoms with Gasteiger partial charge in [-0.05, 0) is 48.9 Å². The molecule has 0 spiro atoms. The first kappa shape index (κ1) is 21.7. The zero-order valence-corrected chi connectivity index (χ0v) is 18.4. The Hall–Kier alpha value is -3.51. The molecular formula is C25H23ClN2O4. The first-order valence-electron chi connectivity index (χ1n) is 10.3. The summed E-state index contributed by atoms with van der Waals surface area (Å²) in [6.07, 6.45) is 1.40. The Bertz CT molecular complexity index is 1150. The molecule has 1 fully saturated rings. The molecular weight excluding hydrogens is 428 g/mol. The van der Waals surface area contributed by atoms with Gasteiger partial charge in [-0.2, -0.15) is 0 Å². The molecule has 0 aromatic heterocycles. The normalized spacial score (nSPS) is 13.2. The highest BCUT2D eigenvalue weighted by Gasteiger charge is 2.22. The van der Waals surface area contributed by atoms with Gasteiger partial charge in [-0.25, -0.2) is 0 Å². The fourth-order valence-electron chi connectivity index (χ4n) is 3.57. The molecule has 1 N–H and O–H groups in total. The first-order valence-corrected chi connectivity index (χ1v) is 10.7. The minimum absolute atomic E-state index is 0.102. The summed E-state index contributed by atoms with van der Waals surface area (Å²) in [4.78, 5) is 26.5. The molecule has 32 heavy (non-hydrogen) atoms. The second kappa shape index (κ2) is 9.75. The Morgan fingerprint density at radius 2 is 1.91 bits per heavy atom. The summed E-state index contributed by atoms with van der Waals surface area (Å²) in [5, 5.41) is 3.51. The van der Waals surface area contributed by atoms with E-state index in [0.717, 1.165) is 17.7 Å². The molecule has 4 rings (SSSR count). The number of rotatable bonds is 7. The predicted octanol–water partition coefficient (Wildman–Crippen LogP) is 5.31. The Morgan fingerprint density at radius 3 is 2.66 bits per heavy atom. The third-order valence-electron chi connectivity index (χ3n) is 5.26. The van der Waals surface area contributed by atoms with Gasteiger partial charge in [0.25, 0.3) is 5.91 Å². The summed E-state index contributed by atoms with van der Waals surface area (Å²) in [6, 6.07) is 19.7. The van der Waals surface area contributed by atoms with Crippen LogP contribution in [-0.2, 0) is 11.4 Å². The van der Waals surface area contributed by atoms with E-state index in [4.69, 9.17) is 21.1 Å². The number of carbonyl (C=O) groups is 2. The quantitative estimate of drug-likeness (QED) is 0.530. The molecule has 1 aliphatic rings. The molecule has 3 aromatic carbocycles. The van der Waals surface area contributed by atoms with Crippen molar-refractivity contribution in [2.75, 3.05) is 23.9 Å². The van der Waals surface area contributed by atoms with Crippen molar-refractivity contribution in [3.8, 4) is 11.5 Å². The van der Waals surface area contributed by atoms with Crippen molar-refractivity contribution in [2.45, 2.75) is 19.4 Å². The van der Waals surface area contributed by atoms with Crippen LogP contribution in [0.3, 0.4) is 0 Å². The van der Waals surface area contributed by atoms with E-state index in [1.165, 1.54) is 7.11 Å². The van der Waals surface area contributed by atoms with Crippen LogP contribution in [0.25, 0.3) is 0 Å². The largest absolute Gasteiger partial charge is 0.493 e. The lowest BCUT2D eigenvalue weighted by Crippen LogP contribution is -2.23. The summed E-state index contributed by atoms with van der Waals surface area (Å²) in [6.45, 7) is 0.979. The van der Waals surface area contributed by atoms with Crippen LogP contribution >= 0.6 is 11.6 Å². The van der Waals surface area contributed by atoms with Gasteiger partial charge in [-0.15, -0.1) is 0 Å². The third kappa shape index (κ3) is 4.86. The highest BCUT2D eigenvalue weighted by molar-refractivity contribution is 6.31. The molecule has 164 valence electrons. The number of halogens is 1. The Morgan fingerprint density at radius 1 is 1.06 bits per heavy atom. The molecule has 0 aliphatic carbocycles. The second-order valence-electron chi connectivity index (χ2n) is 7.40. The van der Waals surface area contributed by atoms with E-state index in [9.17, 15) is 9.59 Å².